The number of hydrogen-bond donors (Lipinski definition) is 0. The topological polar surface area (TPSA) is 97.2 Å². The number of hydrogen-bond acceptors (Lipinski definition) is 7. The van der Waals surface area contributed by atoms with Crippen LogP contribution in [-0.2, 0) is 13.0 Å². The molecule has 2 aromatic carbocycles. The molecule has 0 fully saturated rings. The van der Waals surface area contributed by atoms with Gasteiger partial charge in [0.25, 0.3) is 5.56 Å². The van der Waals surface area contributed by atoms with Crippen LogP contribution in [0.3, 0.4) is 0 Å². The summed E-state index contributed by atoms with van der Waals surface area (Å²) in [5.41, 5.74) is 3.27. The first-order chi connectivity index (χ1) is 17.5. The Bertz CT molecular complexity index is 1580. The molecule has 0 N–H and O–H groups in total. The molecule has 9 nitrogen and oxygen atoms in total. The second-order valence-electron chi connectivity index (χ2n) is 8.49. The maximum absolute atomic E-state index is 13.3. The zero-order valence-electron chi connectivity index (χ0n) is 20.7. The van der Waals surface area contributed by atoms with Gasteiger partial charge in [-0.05, 0) is 50.6 Å². The van der Waals surface area contributed by atoms with Crippen molar-refractivity contribution in [2.75, 3.05) is 14.2 Å². The quantitative estimate of drug-likeness (QED) is 0.319. The average molecular weight is 486 g/mol. The van der Waals surface area contributed by atoms with E-state index >= 15 is 0 Å². The summed E-state index contributed by atoms with van der Waals surface area (Å²) in [6, 6.07) is 14.9. The highest BCUT2D eigenvalue weighted by Gasteiger charge is 2.18. The van der Waals surface area contributed by atoms with Crippen LogP contribution in [0.15, 0.2) is 64.0 Å². The molecule has 5 rings (SSSR count). The van der Waals surface area contributed by atoms with E-state index in [1.807, 2.05) is 62.4 Å². The lowest BCUT2D eigenvalue weighted by atomic mass is 10.2. The van der Waals surface area contributed by atoms with E-state index in [9.17, 15) is 4.79 Å². The van der Waals surface area contributed by atoms with E-state index in [1.54, 1.807) is 20.4 Å². The predicted octanol–water partition coefficient (Wildman–Crippen LogP) is 4.50. The molecule has 36 heavy (non-hydrogen) atoms. The van der Waals surface area contributed by atoms with Gasteiger partial charge in [-0.2, -0.15) is 14.8 Å². The normalized spacial score (nSPS) is 11.2. The molecule has 9 heteroatoms. The number of benzene rings is 2. The van der Waals surface area contributed by atoms with Gasteiger partial charge in [-0.3, -0.25) is 4.79 Å². The largest absolute Gasteiger partial charge is 0.497 e. The summed E-state index contributed by atoms with van der Waals surface area (Å²) in [6.45, 7) is 4.70. The molecule has 0 spiro atoms. The van der Waals surface area contributed by atoms with E-state index in [-0.39, 0.29) is 5.56 Å². The van der Waals surface area contributed by atoms with Crippen LogP contribution in [0.4, 0.5) is 0 Å². The first-order valence-corrected chi connectivity index (χ1v) is 11.7. The molecule has 0 amide bonds. The summed E-state index contributed by atoms with van der Waals surface area (Å²) in [6.07, 6.45) is 3.13. The van der Waals surface area contributed by atoms with Crippen molar-refractivity contribution in [3.63, 3.8) is 0 Å². The van der Waals surface area contributed by atoms with Crippen molar-refractivity contribution in [1.29, 1.82) is 0 Å². The fraction of sp³-hybridized carbons (Fsp3) is 0.259. The van der Waals surface area contributed by atoms with Crippen molar-refractivity contribution < 1.29 is 14.0 Å². The monoisotopic (exact) mass is 485 g/mol. The van der Waals surface area contributed by atoms with Crippen LogP contribution >= 0.6 is 0 Å². The molecule has 184 valence electrons. The molecule has 0 unspecified atom stereocenters. The van der Waals surface area contributed by atoms with E-state index in [0.717, 1.165) is 28.9 Å². The Hall–Kier alpha value is -4.40. The number of aromatic nitrogens is 5. The second kappa shape index (κ2) is 9.69. The molecule has 0 saturated carbocycles. The number of methoxy groups -OCH3 is 2. The van der Waals surface area contributed by atoms with Gasteiger partial charge >= 0.3 is 0 Å². The Morgan fingerprint density at radius 2 is 1.81 bits per heavy atom. The van der Waals surface area contributed by atoms with E-state index < -0.39 is 0 Å². The molecule has 0 radical (unpaired) electrons. The molecule has 0 atom stereocenters. The summed E-state index contributed by atoms with van der Waals surface area (Å²) in [5, 5.41) is 10.1. The van der Waals surface area contributed by atoms with Gasteiger partial charge in [0.15, 0.2) is 0 Å². The molecule has 3 heterocycles. The first kappa shape index (κ1) is 23.3. The van der Waals surface area contributed by atoms with Gasteiger partial charge in [-0.25, -0.2) is 0 Å². The lowest BCUT2D eigenvalue weighted by molar-refractivity contribution is 0.371. The van der Waals surface area contributed by atoms with Gasteiger partial charge in [0.2, 0.25) is 11.7 Å². The third-order valence-electron chi connectivity index (χ3n) is 6.43. The highest BCUT2D eigenvalue weighted by molar-refractivity contribution is 5.87. The smallest absolute Gasteiger partial charge is 0.281 e. The van der Waals surface area contributed by atoms with Gasteiger partial charge in [0.05, 0.1) is 37.1 Å². The molecule has 0 aliphatic heterocycles. The van der Waals surface area contributed by atoms with Gasteiger partial charge in [-0.1, -0.05) is 23.4 Å². The van der Waals surface area contributed by atoms with Gasteiger partial charge in [0, 0.05) is 29.7 Å². The van der Waals surface area contributed by atoms with Crippen molar-refractivity contribution >= 4 is 10.8 Å². The predicted molar refractivity (Wildman–Crippen MR) is 136 cm³/mol. The minimum atomic E-state index is -0.119. The highest BCUT2D eigenvalue weighted by Crippen LogP contribution is 2.31. The van der Waals surface area contributed by atoms with Crippen LogP contribution in [0, 0.1) is 13.8 Å². The molecule has 0 bridgehead atoms. The van der Waals surface area contributed by atoms with Crippen LogP contribution in [0.2, 0.25) is 0 Å². The second-order valence-corrected chi connectivity index (χ2v) is 8.49. The lowest BCUT2D eigenvalue weighted by Gasteiger charge is -2.08. The van der Waals surface area contributed by atoms with Crippen molar-refractivity contribution in [2.45, 2.75) is 33.2 Å². The first-order valence-electron chi connectivity index (χ1n) is 11.7. The zero-order chi connectivity index (χ0) is 25.2. The number of aryl methyl sites for hydroxylation is 3. The number of ether oxygens (including phenoxy) is 2. The van der Waals surface area contributed by atoms with Gasteiger partial charge in [-0.15, -0.1) is 0 Å². The van der Waals surface area contributed by atoms with Crippen LogP contribution in [0.5, 0.6) is 11.5 Å². The summed E-state index contributed by atoms with van der Waals surface area (Å²) < 4.78 is 19.9. The third-order valence-corrected chi connectivity index (χ3v) is 6.43. The summed E-state index contributed by atoms with van der Waals surface area (Å²) in [4.78, 5) is 17.8. The minimum Gasteiger partial charge on any atom is -0.497 e. The van der Waals surface area contributed by atoms with E-state index in [4.69, 9.17) is 14.0 Å². The number of para-hydroxylation sites is 1. The number of rotatable bonds is 8. The number of fused-ring (bicyclic) bond motifs is 1. The Labute approximate surface area is 207 Å². The Kier molecular flexibility index (Phi) is 6.28. The maximum atomic E-state index is 13.3. The van der Waals surface area contributed by atoms with Gasteiger partial charge < -0.3 is 18.6 Å². The third kappa shape index (κ3) is 4.13. The highest BCUT2D eigenvalue weighted by atomic mass is 16.5. The molecular formula is C27H27N5O4. The van der Waals surface area contributed by atoms with Crippen molar-refractivity contribution in [3.05, 3.63) is 82.4 Å². The van der Waals surface area contributed by atoms with E-state index in [2.05, 4.69) is 19.8 Å². The molecule has 0 aliphatic rings. The number of nitrogens with zero attached hydrogens (tertiary/aromatic N) is 5. The molecule has 3 aromatic heterocycles. The van der Waals surface area contributed by atoms with E-state index in [1.165, 1.54) is 4.68 Å². The fourth-order valence-electron chi connectivity index (χ4n) is 4.54. The Balaban J connectivity index is 1.36. The summed E-state index contributed by atoms with van der Waals surface area (Å²) in [5.74, 6) is 2.31. The van der Waals surface area contributed by atoms with Crippen LogP contribution in [0.25, 0.3) is 27.8 Å². The standard InChI is InChI=1S/C27H27N5O4/c1-17-22-16-28-32(19-9-6-5-7-10-19)27(33)25(22)18(2)31(17)14-8-11-24-29-26(30-36-24)21-15-20(34-3)12-13-23(21)35-4/h5-7,9-10,12-13,15-16H,8,11,14H2,1-4H3. The summed E-state index contributed by atoms with van der Waals surface area (Å²) >= 11 is 0. The lowest BCUT2D eigenvalue weighted by Crippen LogP contribution is -2.21. The fourth-order valence-corrected chi connectivity index (χ4v) is 4.54. The zero-order valence-corrected chi connectivity index (χ0v) is 20.7. The SMILES string of the molecule is COc1ccc(OC)c(-c2noc(CCCn3c(C)c4cnn(-c5ccccc5)c(=O)c4c3C)n2)c1. The van der Waals surface area contributed by atoms with E-state index in [0.29, 0.717) is 47.1 Å². The van der Waals surface area contributed by atoms with Crippen LogP contribution in [0.1, 0.15) is 23.7 Å². The molecule has 0 aliphatic carbocycles. The van der Waals surface area contributed by atoms with Gasteiger partial charge in [0.1, 0.15) is 11.5 Å². The molecule has 0 saturated heterocycles. The maximum Gasteiger partial charge on any atom is 0.281 e. The van der Waals surface area contributed by atoms with Crippen molar-refractivity contribution in [2.24, 2.45) is 0 Å². The summed E-state index contributed by atoms with van der Waals surface area (Å²) in [7, 11) is 3.21. The van der Waals surface area contributed by atoms with Crippen LogP contribution < -0.4 is 15.0 Å². The van der Waals surface area contributed by atoms with Crippen LogP contribution in [-0.4, -0.2) is 38.7 Å². The Morgan fingerprint density at radius 1 is 1.00 bits per heavy atom. The Morgan fingerprint density at radius 3 is 2.56 bits per heavy atom. The average Bonchev–Trinajstić information content (AvgIpc) is 3.48. The van der Waals surface area contributed by atoms with Crippen molar-refractivity contribution in [1.82, 2.24) is 24.5 Å². The molecular weight excluding hydrogens is 458 g/mol. The molecule has 5 aromatic rings. The van der Waals surface area contributed by atoms with Crippen molar-refractivity contribution in [3.8, 4) is 28.6 Å². The minimum absolute atomic E-state index is 0.119.